The summed E-state index contributed by atoms with van der Waals surface area (Å²) >= 11 is 0. The molecule has 0 saturated heterocycles. The van der Waals surface area contributed by atoms with Gasteiger partial charge in [-0.05, 0) is 74.1 Å². The lowest BCUT2D eigenvalue weighted by Gasteiger charge is -2.32. The molecule has 1 N–H and O–H groups in total. The van der Waals surface area contributed by atoms with Crippen LogP contribution in [0.3, 0.4) is 0 Å². The van der Waals surface area contributed by atoms with Gasteiger partial charge in [0.2, 0.25) is 15.9 Å². The Kier molecular flexibility index (Phi) is 8.12. The number of benzene rings is 2. The molecule has 31 heavy (non-hydrogen) atoms. The Balaban J connectivity index is 2.38. The van der Waals surface area contributed by atoms with Crippen LogP contribution in [0.4, 0.5) is 5.69 Å². The maximum absolute atomic E-state index is 13.3. The second kappa shape index (κ2) is 10.2. The molecule has 0 heterocycles. The first kappa shape index (κ1) is 24.7. The molecule has 0 spiro atoms. The van der Waals surface area contributed by atoms with Crippen molar-refractivity contribution < 1.29 is 17.9 Å². The molecule has 7 heteroatoms. The zero-order chi connectivity index (χ0) is 23.3. The lowest BCUT2D eigenvalue weighted by atomic mass is 10.0. The van der Waals surface area contributed by atoms with E-state index in [9.17, 15) is 13.2 Å². The third-order valence-corrected chi connectivity index (χ3v) is 6.80. The number of sulfonamides is 1. The van der Waals surface area contributed by atoms with Crippen molar-refractivity contribution in [1.29, 1.82) is 0 Å². The molecule has 6 nitrogen and oxygen atoms in total. The van der Waals surface area contributed by atoms with E-state index in [1.54, 1.807) is 13.2 Å². The van der Waals surface area contributed by atoms with Crippen LogP contribution >= 0.6 is 0 Å². The summed E-state index contributed by atoms with van der Waals surface area (Å²) in [7, 11) is -2.05. The highest BCUT2D eigenvalue weighted by atomic mass is 32.2. The topological polar surface area (TPSA) is 75.7 Å². The lowest BCUT2D eigenvalue weighted by molar-refractivity contribution is -0.123. The van der Waals surface area contributed by atoms with Crippen LogP contribution in [0, 0.1) is 20.8 Å². The largest absolute Gasteiger partial charge is 0.496 e. The highest BCUT2D eigenvalue weighted by Gasteiger charge is 2.32. The summed E-state index contributed by atoms with van der Waals surface area (Å²) in [6.07, 6.45) is 2.17. The first-order valence-corrected chi connectivity index (χ1v) is 12.4. The van der Waals surface area contributed by atoms with Gasteiger partial charge in [0.25, 0.3) is 0 Å². The van der Waals surface area contributed by atoms with Crippen molar-refractivity contribution in [2.24, 2.45) is 0 Å². The number of aryl methyl sites for hydroxylation is 3. The van der Waals surface area contributed by atoms with Gasteiger partial charge in [-0.3, -0.25) is 9.10 Å². The molecule has 2 aromatic rings. The monoisotopic (exact) mass is 446 g/mol. The van der Waals surface area contributed by atoms with Gasteiger partial charge in [0.05, 0.1) is 25.1 Å². The summed E-state index contributed by atoms with van der Waals surface area (Å²) < 4.78 is 32.0. The molecule has 0 bridgehead atoms. The molecule has 2 rings (SSSR count). The van der Waals surface area contributed by atoms with E-state index in [1.165, 1.54) is 4.31 Å². The fourth-order valence-corrected chi connectivity index (χ4v) is 4.93. The van der Waals surface area contributed by atoms with Crippen LogP contribution < -0.4 is 14.4 Å². The molecule has 0 saturated carbocycles. The van der Waals surface area contributed by atoms with Gasteiger partial charge >= 0.3 is 0 Å². The van der Waals surface area contributed by atoms with E-state index in [0.29, 0.717) is 18.5 Å². The first-order valence-electron chi connectivity index (χ1n) is 10.5. The molecule has 0 fully saturated rings. The van der Waals surface area contributed by atoms with Crippen molar-refractivity contribution in [3.05, 3.63) is 58.7 Å². The van der Waals surface area contributed by atoms with E-state index in [1.807, 2.05) is 65.0 Å². The Labute approximate surface area is 186 Å². The number of carbonyl (C=O) groups is 1. The highest BCUT2D eigenvalue weighted by molar-refractivity contribution is 7.92. The second-order valence-corrected chi connectivity index (χ2v) is 9.81. The van der Waals surface area contributed by atoms with Gasteiger partial charge in [0.15, 0.2) is 0 Å². The van der Waals surface area contributed by atoms with Gasteiger partial charge < -0.3 is 10.1 Å². The number of nitrogens with zero attached hydrogens (tertiary/aromatic N) is 1. The fraction of sp³-hybridized carbons (Fsp3) is 0.458. The molecule has 0 aliphatic carbocycles. The molecule has 2 atom stereocenters. The minimum atomic E-state index is -3.67. The Morgan fingerprint density at radius 1 is 1.00 bits per heavy atom. The molecule has 0 aliphatic heterocycles. The van der Waals surface area contributed by atoms with Crippen LogP contribution in [0.5, 0.6) is 5.75 Å². The van der Waals surface area contributed by atoms with Crippen molar-refractivity contribution in [2.45, 2.75) is 59.5 Å². The van der Waals surface area contributed by atoms with Gasteiger partial charge in [-0.1, -0.05) is 32.0 Å². The van der Waals surface area contributed by atoms with Crippen LogP contribution in [-0.4, -0.2) is 33.7 Å². The fourth-order valence-electron chi connectivity index (χ4n) is 3.73. The quantitative estimate of drug-likeness (QED) is 0.618. The predicted molar refractivity (Wildman–Crippen MR) is 126 cm³/mol. The van der Waals surface area contributed by atoms with Gasteiger partial charge in [-0.2, -0.15) is 0 Å². The Bertz CT molecular complexity index is 1030. The Morgan fingerprint density at radius 3 is 2.16 bits per heavy atom. The van der Waals surface area contributed by atoms with Crippen molar-refractivity contribution in [3.63, 3.8) is 0 Å². The van der Waals surface area contributed by atoms with Crippen LogP contribution in [0.2, 0.25) is 0 Å². The van der Waals surface area contributed by atoms with Crippen molar-refractivity contribution >= 4 is 21.6 Å². The maximum Gasteiger partial charge on any atom is 0.244 e. The van der Waals surface area contributed by atoms with E-state index in [-0.39, 0.29) is 11.9 Å². The molecular weight excluding hydrogens is 412 g/mol. The van der Waals surface area contributed by atoms with Crippen molar-refractivity contribution in [2.75, 3.05) is 17.7 Å². The zero-order valence-electron chi connectivity index (χ0n) is 19.5. The number of rotatable bonds is 9. The first-order chi connectivity index (χ1) is 14.5. The average molecular weight is 447 g/mol. The summed E-state index contributed by atoms with van der Waals surface area (Å²) in [5.41, 5.74) is 4.48. The van der Waals surface area contributed by atoms with E-state index in [2.05, 4.69) is 5.32 Å². The summed E-state index contributed by atoms with van der Waals surface area (Å²) in [5, 5.41) is 3.06. The third kappa shape index (κ3) is 5.79. The summed E-state index contributed by atoms with van der Waals surface area (Å²) in [6, 6.07) is 10.2. The van der Waals surface area contributed by atoms with Gasteiger partial charge in [0.1, 0.15) is 11.8 Å². The molecule has 1 amide bonds. The number of ether oxygens (including phenoxy) is 1. The summed E-state index contributed by atoms with van der Waals surface area (Å²) in [5.74, 6) is 0.473. The zero-order valence-corrected chi connectivity index (χ0v) is 20.3. The summed E-state index contributed by atoms with van der Waals surface area (Å²) in [4.78, 5) is 13.3. The molecule has 0 radical (unpaired) electrons. The van der Waals surface area contributed by atoms with Crippen molar-refractivity contribution in [3.8, 4) is 5.75 Å². The van der Waals surface area contributed by atoms with Gasteiger partial charge in [-0.25, -0.2) is 8.42 Å². The van der Waals surface area contributed by atoms with Gasteiger partial charge in [0, 0.05) is 0 Å². The third-order valence-electron chi connectivity index (χ3n) is 5.62. The molecule has 0 unspecified atom stereocenters. The number of hydrogen-bond acceptors (Lipinski definition) is 4. The number of amides is 1. The van der Waals surface area contributed by atoms with Crippen molar-refractivity contribution in [1.82, 2.24) is 5.32 Å². The molecule has 0 aromatic heterocycles. The van der Waals surface area contributed by atoms with Crippen LogP contribution in [0.1, 0.15) is 55.0 Å². The van der Waals surface area contributed by atoms with E-state index < -0.39 is 16.1 Å². The number of nitrogens with one attached hydrogen (secondary N) is 1. The van der Waals surface area contributed by atoms with Crippen LogP contribution in [-0.2, 0) is 14.8 Å². The minimum Gasteiger partial charge on any atom is -0.496 e. The standard InChI is InChI=1S/C24H34N2O4S/c1-8-21(19-11-13-23(30-6)18(5)14-19)25-24(27)22(9-2)26(31(7,28)29)20-12-10-16(3)17(4)15-20/h10-15,21-22H,8-9H2,1-7H3,(H,25,27)/t21-,22-/m0/s1. The smallest absolute Gasteiger partial charge is 0.244 e. The Hall–Kier alpha value is -2.54. The normalized spacial score (nSPS) is 13.4. The number of hydrogen-bond donors (Lipinski definition) is 1. The summed E-state index contributed by atoms with van der Waals surface area (Å²) in [6.45, 7) is 9.66. The Morgan fingerprint density at radius 2 is 1.68 bits per heavy atom. The molecular formula is C24H34N2O4S. The van der Waals surface area contributed by atoms with E-state index >= 15 is 0 Å². The molecule has 2 aromatic carbocycles. The van der Waals surface area contributed by atoms with E-state index in [0.717, 1.165) is 34.3 Å². The molecule has 0 aliphatic rings. The maximum atomic E-state index is 13.3. The van der Waals surface area contributed by atoms with E-state index in [4.69, 9.17) is 4.74 Å². The van der Waals surface area contributed by atoms with Gasteiger partial charge in [-0.15, -0.1) is 0 Å². The number of carbonyl (C=O) groups excluding carboxylic acids is 1. The lowest BCUT2D eigenvalue weighted by Crippen LogP contribution is -2.50. The number of methoxy groups -OCH3 is 1. The molecule has 170 valence electrons. The van der Waals surface area contributed by atoms with Crippen LogP contribution in [0.25, 0.3) is 0 Å². The highest BCUT2D eigenvalue weighted by Crippen LogP contribution is 2.27. The second-order valence-electron chi connectivity index (χ2n) is 7.95. The predicted octanol–water partition coefficient (Wildman–Crippen LogP) is 4.43. The number of anilines is 1. The average Bonchev–Trinajstić information content (AvgIpc) is 2.71. The SMILES string of the molecule is CC[C@H](NC(=O)[C@H](CC)N(c1ccc(C)c(C)c1)S(C)(=O)=O)c1ccc(OC)c(C)c1. The minimum absolute atomic E-state index is 0.229. The van der Waals surface area contributed by atoms with Crippen LogP contribution in [0.15, 0.2) is 36.4 Å².